The minimum Gasteiger partial charge on any atom is -0.308 e. The van der Waals surface area contributed by atoms with E-state index in [0.717, 1.165) is 19.0 Å². The molecular weight excluding hydrogens is 234 g/mol. The van der Waals surface area contributed by atoms with E-state index in [1.54, 1.807) is 0 Å². The SMILES string of the molecule is CCn1nc(CNC(C)C2CCC2)c2ccccc21. The van der Waals surface area contributed by atoms with Crippen LogP contribution >= 0.6 is 0 Å². The monoisotopic (exact) mass is 257 g/mol. The van der Waals surface area contributed by atoms with Crippen molar-refractivity contribution in [2.75, 3.05) is 0 Å². The summed E-state index contributed by atoms with van der Waals surface area (Å²) in [6.07, 6.45) is 4.18. The maximum atomic E-state index is 4.74. The summed E-state index contributed by atoms with van der Waals surface area (Å²) >= 11 is 0. The number of hydrogen-bond donors (Lipinski definition) is 1. The van der Waals surface area contributed by atoms with Crippen LogP contribution in [0.2, 0.25) is 0 Å². The van der Waals surface area contributed by atoms with Gasteiger partial charge in [-0.25, -0.2) is 0 Å². The van der Waals surface area contributed by atoms with Crippen LogP contribution in [0.25, 0.3) is 10.9 Å². The summed E-state index contributed by atoms with van der Waals surface area (Å²) in [6.45, 7) is 6.26. The van der Waals surface area contributed by atoms with E-state index < -0.39 is 0 Å². The third kappa shape index (κ3) is 2.39. The molecule has 3 heteroatoms. The lowest BCUT2D eigenvalue weighted by Gasteiger charge is -2.31. The molecule has 3 nitrogen and oxygen atoms in total. The van der Waals surface area contributed by atoms with Gasteiger partial charge >= 0.3 is 0 Å². The highest BCUT2D eigenvalue weighted by Crippen LogP contribution is 2.29. The first-order valence-corrected chi connectivity index (χ1v) is 7.47. The molecule has 1 saturated carbocycles. The van der Waals surface area contributed by atoms with Gasteiger partial charge in [0.1, 0.15) is 0 Å². The largest absolute Gasteiger partial charge is 0.308 e. The lowest BCUT2D eigenvalue weighted by Crippen LogP contribution is -2.36. The van der Waals surface area contributed by atoms with Crippen LogP contribution in [-0.2, 0) is 13.1 Å². The number of aromatic nitrogens is 2. The molecule has 0 bridgehead atoms. The summed E-state index contributed by atoms with van der Waals surface area (Å²) in [7, 11) is 0. The van der Waals surface area contributed by atoms with Crippen LogP contribution < -0.4 is 5.32 Å². The molecule has 3 rings (SSSR count). The quantitative estimate of drug-likeness (QED) is 0.890. The predicted octanol–water partition coefficient (Wildman–Crippen LogP) is 3.33. The number of aryl methyl sites for hydroxylation is 1. The Kier molecular flexibility index (Phi) is 3.56. The van der Waals surface area contributed by atoms with Gasteiger partial charge in [0.05, 0.1) is 11.2 Å². The van der Waals surface area contributed by atoms with Crippen molar-refractivity contribution in [2.45, 2.75) is 52.2 Å². The van der Waals surface area contributed by atoms with E-state index in [-0.39, 0.29) is 0 Å². The van der Waals surface area contributed by atoms with Gasteiger partial charge in [-0.3, -0.25) is 4.68 Å². The first kappa shape index (κ1) is 12.7. The van der Waals surface area contributed by atoms with Crippen LogP contribution in [0.3, 0.4) is 0 Å². The molecule has 19 heavy (non-hydrogen) atoms. The molecule has 2 aromatic rings. The zero-order valence-corrected chi connectivity index (χ0v) is 11.9. The van der Waals surface area contributed by atoms with Crippen LogP contribution in [0.5, 0.6) is 0 Å². The third-order valence-electron chi connectivity index (χ3n) is 4.48. The molecule has 1 unspecified atom stereocenters. The average Bonchev–Trinajstić information content (AvgIpc) is 2.72. The fourth-order valence-corrected chi connectivity index (χ4v) is 2.93. The maximum absolute atomic E-state index is 4.74. The van der Waals surface area contributed by atoms with Crippen LogP contribution in [-0.4, -0.2) is 15.8 Å². The van der Waals surface area contributed by atoms with Crippen molar-refractivity contribution in [1.82, 2.24) is 15.1 Å². The van der Waals surface area contributed by atoms with E-state index in [2.05, 4.69) is 48.1 Å². The van der Waals surface area contributed by atoms with Crippen molar-refractivity contribution in [1.29, 1.82) is 0 Å². The molecule has 0 amide bonds. The molecule has 1 atom stereocenters. The summed E-state index contributed by atoms with van der Waals surface area (Å²) in [4.78, 5) is 0. The molecule has 0 saturated heterocycles. The minimum absolute atomic E-state index is 0.610. The first-order chi connectivity index (χ1) is 9.29. The lowest BCUT2D eigenvalue weighted by molar-refractivity contribution is 0.239. The van der Waals surface area contributed by atoms with Gasteiger partial charge in [-0.1, -0.05) is 24.6 Å². The van der Waals surface area contributed by atoms with Gasteiger partial charge in [0, 0.05) is 24.5 Å². The van der Waals surface area contributed by atoms with Crippen LogP contribution in [0.15, 0.2) is 24.3 Å². The number of benzene rings is 1. The van der Waals surface area contributed by atoms with Crippen LogP contribution in [0.1, 0.15) is 38.8 Å². The topological polar surface area (TPSA) is 29.9 Å². The summed E-state index contributed by atoms with van der Waals surface area (Å²) in [6, 6.07) is 9.14. The number of rotatable bonds is 5. The Morgan fingerprint density at radius 1 is 1.37 bits per heavy atom. The van der Waals surface area contributed by atoms with Gasteiger partial charge in [0.2, 0.25) is 0 Å². The van der Waals surface area contributed by atoms with E-state index >= 15 is 0 Å². The van der Waals surface area contributed by atoms with E-state index in [0.29, 0.717) is 6.04 Å². The second kappa shape index (κ2) is 5.33. The number of para-hydroxylation sites is 1. The molecular formula is C16H23N3. The number of hydrogen-bond acceptors (Lipinski definition) is 2. The van der Waals surface area contributed by atoms with E-state index in [1.807, 2.05) is 0 Å². The Hall–Kier alpha value is -1.35. The highest BCUT2D eigenvalue weighted by Gasteiger charge is 2.23. The fourth-order valence-electron chi connectivity index (χ4n) is 2.93. The zero-order valence-electron chi connectivity index (χ0n) is 11.9. The number of fused-ring (bicyclic) bond motifs is 1. The van der Waals surface area contributed by atoms with Gasteiger partial charge in [0.15, 0.2) is 0 Å². The standard InChI is InChI=1S/C16H23N3/c1-3-19-16-10-5-4-9-14(16)15(18-19)11-17-12(2)13-7-6-8-13/h4-5,9-10,12-13,17H,3,6-8,11H2,1-2H3. The Balaban J connectivity index is 1.76. The molecule has 1 fully saturated rings. The van der Waals surface area contributed by atoms with Crippen LogP contribution in [0.4, 0.5) is 0 Å². The summed E-state index contributed by atoms with van der Waals surface area (Å²) in [5.41, 5.74) is 2.43. The predicted molar refractivity (Wildman–Crippen MR) is 79.0 cm³/mol. The summed E-state index contributed by atoms with van der Waals surface area (Å²) < 4.78 is 2.10. The van der Waals surface area contributed by atoms with Crippen molar-refractivity contribution in [2.24, 2.45) is 5.92 Å². The third-order valence-corrected chi connectivity index (χ3v) is 4.48. The van der Waals surface area contributed by atoms with Crippen molar-refractivity contribution in [3.8, 4) is 0 Å². The fraction of sp³-hybridized carbons (Fsp3) is 0.562. The highest BCUT2D eigenvalue weighted by molar-refractivity contribution is 5.81. The normalized spacial score (nSPS) is 17.6. The molecule has 1 N–H and O–H groups in total. The minimum atomic E-state index is 0.610. The Morgan fingerprint density at radius 3 is 2.84 bits per heavy atom. The first-order valence-electron chi connectivity index (χ1n) is 7.47. The van der Waals surface area contributed by atoms with E-state index in [9.17, 15) is 0 Å². The summed E-state index contributed by atoms with van der Waals surface area (Å²) in [5, 5.41) is 9.68. The highest BCUT2D eigenvalue weighted by atomic mass is 15.3. The Bertz CT molecular complexity index is 554. The molecule has 102 valence electrons. The molecule has 1 aromatic heterocycles. The van der Waals surface area contributed by atoms with E-state index in [4.69, 9.17) is 5.10 Å². The molecule has 0 radical (unpaired) electrons. The Labute approximate surface area is 115 Å². The second-order valence-electron chi connectivity index (χ2n) is 5.64. The zero-order chi connectivity index (χ0) is 13.2. The van der Waals surface area contributed by atoms with Gasteiger partial charge in [0.25, 0.3) is 0 Å². The number of nitrogens with one attached hydrogen (secondary N) is 1. The van der Waals surface area contributed by atoms with Gasteiger partial charge in [-0.15, -0.1) is 0 Å². The van der Waals surface area contributed by atoms with Crippen molar-refractivity contribution >= 4 is 10.9 Å². The average molecular weight is 257 g/mol. The number of nitrogens with zero attached hydrogens (tertiary/aromatic N) is 2. The van der Waals surface area contributed by atoms with Crippen LogP contribution in [0, 0.1) is 5.92 Å². The molecule has 1 aliphatic carbocycles. The molecule has 1 heterocycles. The maximum Gasteiger partial charge on any atom is 0.0841 e. The van der Waals surface area contributed by atoms with Gasteiger partial charge < -0.3 is 5.32 Å². The van der Waals surface area contributed by atoms with E-state index in [1.165, 1.54) is 35.9 Å². The lowest BCUT2D eigenvalue weighted by atomic mass is 9.80. The molecule has 0 aliphatic heterocycles. The Morgan fingerprint density at radius 2 is 2.16 bits per heavy atom. The van der Waals surface area contributed by atoms with Crippen molar-refractivity contribution in [3.05, 3.63) is 30.0 Å². The van der Waals surface area contributed by atoms with Crippen molar-refractivity contribution < 1.29 is 0 Å². The molecule has 0 spiro atoms. The van der Waals surface area contributed by atoms with Crippen molar-refractivity contribution in [3.63, 3.8) is 0 Å². The van der Waals surface area contributed by atoms with Gasteiger partial charge in [-0.05, 0) is 38.7 Å². The smallest absolute Gasteiger partial charge is 0.0841 e. The van der Waals surface area contributed by atoms with Gasteiger partial charge in [-0.2, -0.15) is 5.10 Å². The second-order valence-corrected chi connectivity index (χ2v) is 5.64. The molecule has 1 aromatic carbocycles. The molecule has 1 aliphatic rings. The summed E-state index contributed by atoms with van der Waals surface area (Å²) in [5.74, 6) is 0.875.